The van der Waals surface area contributed by atoms with Gasteiger partial charge in [-0.1, -0.05) is 29.3 Å². The molecule has 158 valence electrons. The minimum atomic E-state index is -0.470. The van der Waals surface area contributed by atoms with E-state index < -0.39 is 11.2 Å². The van der Waals surface area contributed by atoms with Gasteiger partial charge in [-0.05, 0) is 53.1 Å². The lowest BCUT2D eigenvalue weighted by Gasteiger charge is -2.33. The highest BCUT2D eigenvalue weighted by Gasteiger charge is 2.34. The molecule has 1 fully saturated rings. The van der Waals surface area contributed by atoms with Gasteiger partial charge in [0, 0.05) is 26.1 Å². The highest BCUT2D eigenvalue weighted by atomic mass is 127. The van der Waals surface area contributed by atoms with E-state index in [0.29, 0.717) is 32.7 Å². The van der Waals surface area contributed by atoms with Crippen LogP contribution in [0.5, 0.6) is 0 Å². The zero-order chi connectivity index (χ0) is 21.7. The zero-order valence-electron chi connectivity index (χ0n) is 16.2. The van der Waals surface area contributed by atoms with Gasteiger partial charge < -0.3 is 9.88 Å². The smallest absolute Gasteiger partial charge is 0.332 e. The number of halogens is 3. The van der Waals surface area contributed by atoms with Crippen LogP contribution >= 0.6 is 45.8 Å². The van der Waals surface area contributed by atoms with Gasteiger partial charge in [0.2, 0.25) is 5.95 Å². The van der Waals surface area contributed by atoms with Crippen LogP contribution in [0.2, 0.25) is 10.0 Å². The maximum Gasteiger partial charge on any atom is 0.332 e. The summed E-state index contributed by atoms with van der Waals surface area (Å²) >= 11 is 13.8. The molecule has 4 rings (SSSR count). The Morgan fingerprint density at radius 3 is 2.53 bits per heavy atom. The van der Waals surface area contributed by atoms with E-state index in [9.17, 15) is 14.4 Å². The second-order valence-electron chi connectivity index (χ2n) is 7.46. The van der Waals surface area contributed by atoms with Gasteiger partial charge in [0.15, 0.2) is 15.0 Å². The summed E-state index contributed by atoms with van der Waals surface area (Å²) in [5.41, 5.74) is 0.410. The number of benzene rings is 1. The number of rotatable bonds is 5. The Balaban J connectivity index is 1.72. The molecule has 0 unspecified atom stereocenters. The fourth-order valence-corrected chi connectivity index (χ4v) is 4.47. The summed E-state index contributed by atoms with van der Waals surface area (Å²) in [6.45, 7) is 0.0638. The van der Waals surface area contributed by atoms with Crippen LogP contribution in [0, 0.1) is 5.92 Å². The summed E-state index contributed by atoms with van der Waals surface area (Å²) in [6, 6.07) is 5.10. The fraction of sp³-hybridized carbons (Fsp3) is 0.368. The molecule has 1 aliphatic rings. The molecule has 1 aliphatic carbocycles. The highest BCUT2D eigenvalue weighted by Crippen LogP contribution is 2.32. The van der Waals surface area contributed by atoms with E-state index in [1.807, 2.05) is 22.6 Å². The van der Waals surface area contributed by atoms with Gasteiger partial charge in [-0.3, -0.25) is 18.7 Å². The molecular weight excluding hydrogens is 544 g/mol. The second kappa shape index (κ2) is 8.01. The van der Waals surface area contributed by atoms with Crippen LogP contribution in [0.1, 0.15) is 18.4 Å². The average molecular weight is 562 g/mol. The quantitative estimate of drug-likeness (QED) is 0.382. The van der Waals surface area contributed by atoms with Gasteiger partial charge in [-0.2, -0.15) is 4.98 Å². The molecule has 0 bridgehead atoms. The van der Waals surface area contributed by atoms with Crippen molar-refractivity contribution in [1.82, 2.24) is 18.7 Å². The van der Waals surface area contributed by atoms with Crippen molar-refractivity contribution in [2.45, 2.75) is 25.4 Å². The lowest BCUT2D eigenvalue weighted by Crippen LogP contribution is -2.40. The number of aromatic nitrogens is 4. The summed E-state index contributed by atoms with van der Waals surface area (Å²) in [5, 5.41) is 4.04. The van der Waals surface area contributed by atoms with Crippen molar-refractivity contribution in [2.75, 3.05) is 5.32 Å². The lowest BCUT2D eigenvalue weighted by molar-refractivity contribution is -0.115. The first-order valence-electron chi connectivity index (χ1n) is 9.23. The molecular formula is C19H18Cl2IN5O3. The van der Waals surface area contributed by atoms with Crippen molar-refractivity contribution < 1.29 is 4.79 Å². The fourth-order valence-electron chi connectivity index (χ4n) is 3.64. The summed E-state index contributed by atoms with van der Waals surface area (Å²) in [5.74, 6) is 0.555. The van der Waals surface area contributed by atoms with Crippen molar-refractivity contribution in [2.24, 2.45) is 20.0 Å². The van der Waals surface area contributed by atoms with Crippen molar-refractivity contribution in [3.63, 3.8) is 0 Å². The van der Waals surface area contributed by atoms with Crippen molar-refractivity contribution in [1.29, 1.82) is 0 Å². The molecule has 0 atom stereocenters. The van der Waals surface area contributed by atoms with E-state index in [-0.39, 0.29) is 22.3 Å². The molecule has 0 aliphatic heterocycles. The predicted octanol–water partition coefficient (Wildman–Crippen LogP) is 2.94. The molecule has 3 aromatic rings. The van der Waals surface area contributed by atoms with Gasteiger partial charge in [-0.15, -0.1) is 0 Å². The molecule has 2 aromatic heterocycles. The Morgan fingerprint density at radius 2 is 1.90 bits per heavy atom. The van der Waals surface area contributed by atoms with Crippen molar-refractivity contribution in [3.05, 3.63) is 54.6 Å². The molecule has 2 heterocycles. The number of anilines is 1. The van der Waals surface area contributed by atoms with E-state index in [2.05, 4.69) is 10.3 Å². The molecule has 0 radical (unpaired) electrons. The number of nitrogens with one attached hydrogen (secondary N) is 1. The standard InChI is InChI=1S/C19H18Cl2IN5O3/c1-25-14-16(24-18(25)23-11-6-10(7-11)15(22)28)26(2)19(30)27(17(14)29)8-9-3-4-12(20)13(21)5-9/h3-5,10-11H,6-8H2,1-2H3,(H,23,24)/t10-,11-. The van der Waals surface area contributed by atoms with Gasteiger partial charge >= 0.3 is 5.69 Å². The number of imidazole rings is 1. The minimum absolute atomic E-state index is 0.0607. The van der Waals surface area contributed by atoms with Gasteiger partial charge in [0.25, 0.3) is 5.56 Å². The number of hydrogen-bond donors (Lipinski definition) is 1. The molecule has 0 saturated heterocycles. The number of carbonyl (C=O) groups is 1. The maximum absolute atomic E-state index is 13.2. The Hall–Kier alpha value is -1.85. The molecule has 1 N–H and O–H groups in total. The van der Waals surface area contributed by atoms with E-state index in [4.69, 9.17) is 23.2 Å². The van der Waals surface area contributed by atoms with Crippen LogP contribution in [-0.4, -0.2) is 28.5 Å². The van der Waals surface area contributed by atoms with Gasteiger partial charge in [0.1, 0.15) is 0 Å². The zero-order valence-corrected chi connectivity index (χ0v) is 19.8. The van der Waals surface area contributed by atoms with Crippen LogP contribution in [0.4, 0.5) is 5.95 Å². The first-order chi connectivity index (χ1) is 14.2. The van der Waals surface area contributed by atoms with Crippen LogP contribution in [0.3, 0.4) is 0 Å². The summed E-state index contributed by atoms with van der Waals surface area (Å²) in [7, 11) is 3.31. The summed E-state index contributed by atoms with van der Waals surface area (Å²) in [6.07, 6.45) is 1.46. The molecule has 0 spiro atoms. The maximum atomic E-state index is 13.2. The molecule has 1 aromatic carbocycles. The average Bonchev–Trinajstić information content (AvgIpc) is 2.98. The largest absolute Gasteiger partial charge is 0.353 e. The Labute approximate surface area is 194 Å². The number of fused-ring (bicyclic) bond motifs is 1. The topological polar surface area (TPSA) is 90.9 Å². The summed E-state index contributed by atoms with van der Waals surface area (Å²) < 4.78 is 4.32. The number of carbonyl (C=O) groups excluding carboxylic acids is 1. The minimum Gasteiger partial charge on any atom is -0.353 e. The SMILES string of the molecule is Cn1c(N[C@H]2C[C@H](C(=O)I)C2)nc2c1c(=O)n(Cc1ccc(Cl)c(Cl)c1)c(=O)n2C. The Kier molecular flexibility index (Phi) is 5.71. The number of aryl methyl sites for hydroxylation is 2. The van der Waals surface area contributed by atoms with E-state index in [0.717, 1.165) is 17.4 Å². The van der Waals surface area contributed by atoms with E-state index in [1.54, 1.807) is 36.9 Å². The molecule has 0 amide bonds. The first kappa shape index (κ1) is 21.4. The van der Waals surface area contributed by atoms with Crippen LogP contribution in [0.15, 0.2) is 27.8 Å². The van der Waals surface area contributed by atoms with Crippen molar-refractivity contribution >= 4 is 66.7 Å². The second-order valence-corrected chi connectivity index (χ2v) is 9.34. The Morgan fingerprint density at radius 1 is 1.20 bits per heavy atom. The van der Waals surface area contributed by atoms with E-state index >= 15 is 0 Å². The number of nitrogens with zero attached hydrogens (tertiary/aromatic N) is 4. The predicted molar refractivity (Wildman–Crippen MR) is 125 cm³/mol. The lowest BCUT2D eigenvalue weighted by atomic mass is 9.81. The number of hydrogen-bond acceptors (Lipinski definition) is 5. The highest BCUT2D eigenvalue weighted by molar-refractivity contribution is 14.1. The molecule has 8 nitrogen and oxygen atoms in total. The third-order valence-electron chi connectivity index (χ3n) is 5.48. The first-order valence-corrected chi connectivity index (χ1v) is 11.1. The summed E-state index contributed by atoms with van der Waals surface area (Å²) in [4.78, 5) is 41.9. The van der Waals surface area contributed by atoms with Crippen LogP contribution in [-0.2, 0) is 25.4 Å². The third kappa shape index (κ3) is 3.67. The van der Waals surface area contributed by atoms with Gasteiger partial charge in [-0.25, -0.2) is 4.79 Å². The normalized spacial score (nSPS) is 18.4. The van der Waals surface area contributed by atoms with Crippen LogP contribution in [0.25, 0.3) is 11.2 Å². The monoisotopic (exact) mass is 561 g/mol. The van der Waals surface area contributed by atoms with E-state index in [1.165, 1.54) is 4.57 Å². The van der Waals surface area contributed by atoms with Crippen LogP contribution < -0.4 is 16.6 Å². The molecule has 11 heteroatoms. The van der Waals surface area contributed by atoms with Crippen molar-refractivity contribution in [3.8, 4) is 0 Å². The molecule has 1 saturated carbocycles. The molecule has 30 heavy (non-hydrogen) atoms. The van der Waals surface area contributed by atoms with Gasteiger partial charge in [0.05, 0.1) is 16.6 Å². The third-order valence-corrected chi connectivity index (χ3v) is 7.10. The Bertz CT molecular complexity index is 1290.